The van der Waals surface area contributed by atoms with Crippen LogP contribution in [0.1, 0.15) is 97.3 Å². The van der Waals surface area contributed by atoms with Gasteiger partial charge in [-0.1, -0.05) is 65.2 Å². The Morgan fingerprint density at radius 1 is 0.905 bits per heavy atom. The molecule has 0 bridgehead atoms. The molecule has 1 saturated heterocycles. The van der Waals surface area contributed by atoms with Crippen molar-refractivity contribution in [3.8, 4) is 0 Å². The van der Waals surface area contributed by atoms with E-state index < -0.39 is 0 Å². The second-order valence-electron chi connectivity index (χ2n) is 6.73. The quantitative estimate of drug-likeness (QED) is 0.456. The Bertz CT molecular complexity index is 214. The maximum absolute atomic E-state index is 6.00. The van der Waals surface area contributed by atoms with E-state index in [0.29, 0.717) is 12.1 Å². The molecular formula is C19H39NO. The lowest BCUT2D eigenvalue weighted by atomic mass is 9.96. The minimum atomic E-state index is 0.481. The van der Waals surface area contributed by atoms with Crippen LogP contribution < -0.4 is 5.32 Å². The first-order valence-corrected chi connectivity index (χ1v) is 9.73. The summed E-state index contributed by atoms with van der Waals surface area (Å²) in [6, 6.07) is 0.602. The third-order valence-electron chi connectivity index (χ3n) is 4.69. The molecule has 0 amide bonds. The highest BCUT2D eigenvalue weighted by Crippen LogP contribution is 2.20. The summed E-state index contributed by atoms with van der Waals surface area (Å²) in [6.45, 7) is 6.66. The van der Waals surface area contributed by atoms with Gasteiger partial charge in [0.25, 0.3) is 0 Å². The largest absolute Gasteiger partial charge is 0.377 e. The molecule has 0 aromatic carbocycles. The number of ether oxygens (including phenoxy) is 1. The molecule has 126 valence electrons. The Morgan fingerprint density at radius 3 is 2.24 bits per heavy atom. The minimum Gasteiger partial charge on any atom is -0.377 e. The van der Waals surface area contributed by atoms with Crippen LogP contribution in [0.2, 0.25) is 0 Å². The van der Waals surface area contributed by atoms with Crippen LogP contribution in [0.15, 0.2) is 0 Å². The SMILES string of the molecule is CCCCCCCCCCC(NCCC)C1CCCCO1. The molecule has 21 heavy (non-hydrogen) atoms. The van der Waals surface area contributed by atoms with Gasteiger partial charge in [0.1, 0.15) is 0 Å². The highest BCUT2D eigenvalue weighted by Gasteiger charge is 2.23. The van der Waals surface area contributed by atoms with Gasteiger partial charge in [0.2, 0.25) is 0 Å². The lowest BCUT2D eigenvalue weighted by Crippen LogP contribution is -2.43. The van der Waals surface area contributed by atoms with Gasteiger partial charge in [0.05, 0.1) is 6.10 Å². The molecule has 0 aliphatic carbocycles. The maximum Gasteiger partial charge on any atom is 0.0728 e. The molecule has 1 N–H and O–H groups in total. The van der Waals surface area contributed by atoms with E-state index in [1.54, 1.807) is 0 Å². The molecule has 0 radical (unpaired) electrons. The predicted molar refractivity (Wildman–Crippen MR) is 92.9 cm³/mol. The van der Waals surface area contributed by atoms with Crippen molar-refractivity contribution < 1.29 is 4.74 Å². The van der Waals surface area contributed by atoms with Crippen LogP contribution in [0.4, 0.5) is 0 Å². The number of nitrogens with one attached hydrogen (secondary N) is 1. The van der Waals surface area contributed by atoms with Crippen LogP contribution in [0.25, 0.3) is 0 Å². The Kier molecular flexibility index (Phi) is 12.3. The summed E-state index contributed by atoms with van der Waals surface area (Å²) in [5.41, 5.74) is 0. The van der Waals surface area contributed by atoms with E-state index in [9.17, 15) is 0 Å². The zero-order chi connectivity index (χ0) is 15.2. The summed E-state index contributed by atoms with van der Waals surface area (Å²) < 4.78 is 6.00. The maximum atomic E-state index is 6.00. The van der Waals surface area contributed by atoms with E-state index >= 15 is 0 Å². The van der Waals surface area contributed by atoms with Crippen LogP contribution in [0.5, 0.6) is 0 Å². The highest BCUT2D eigenvalue weighted by atomic mass is 16.5. The average Bonchev–Trinajstić information content (AvgIpc) is 2.53. The molecule has 0 spiro atoms. The smallest absolute Gasteiger partial charge is 0.0728 e. The van der Waals surface area contributed by atoms with Crippen LogP contribution >= 0.6 is 0 Å². The van der Waals surface area contributed by atoms with Crippen molar-refractivity contribution in [2.45, 2.75) is 109 Å². The predicted octanol–water partition coefficient (Wildman–Crippen LogP) is 5.45. The Labute approximate surface area is 133 Å². The molecule has 0 aromatic rings. The highest BCUT2D eigenvalue weighted by molar-refractivity contribution is 4.79. The van der Waals surface area contributed by atoms with Gasteiger partial charge in [-0.2, -0.15) is 0 Å². The van der Waals surface area contributed by atoms with E-state index in [0.717, 1.165) is 13.2 Å². The first-order chi connectivity index (χ1) is 10.4. The van der Waals surface area contributed by atoms with Gasteiger partial charge in [0.15, 0.2) is 0 Å². The van der Waals surface area contributed by atoms with E-state index in [4.69, 9.17) is 4.74 Å². The fourth-order valence-corrected chi connectivity index (χ4v) is 3.33. The first-order valence-electron chi connectivity index (χ1n) is 9.73. The third-order valence-corrected chi connectivity index (χ3v) is 4.69. The lowest BCUT2D eigenvalue weighted by molar-refractivity contribution is -0.00971. The van der Waals surface area contributed by atoms with E-state index in [-0.39, 0.29) is 0 Å². The Balaban J connectivity index is 2.08. The zero-order valence-corrected chi connectivity index (χ0v) is 14.7. The van der Waals surface area contributed by atoms with Gasteiger partial charge in [-0.15, -0.1) is 0 Å². The van der Waals surface area contributed by atoms with E-state index in [1.807, 2.05) is 0 Å². The third kappa shape index (κ3) is 9.52. The lowest BCUT2D eigenvalue weighted by Gasteiger charge is -2.31. The fraction of sp³-hybridized carbons (Fsp3) is 1.00. The van der Waals surface area contributed by atoms with Crippen molar-refractivity contribution in [1.82, 2.24) is 5.32 Å². The standard InChI is InChI=1S/C19H39NO/c1-3-5-6-7-8-9-10-11-14-18(20-16-4-2)19-15-12-13-17-21-19/h18-20H,3-17H2,1-2H3. The molecule has 0 saturated carbocycles. The number of hydrogen-bond acceptors (Lipinski definition) is 2. The van der Waals surface area contributed by atoms with E-state index in [1.165, 1.54) is 83.5 Å². The molecule has 1 fully saturated rings. The molecule has 0 aromatic heterocycles. The Morgan fingerprint density at radius 2 is 1.62 bits per heavy atom. The van der Waals surface area contributed by atoms with Crippen molar-refractivity contribution >= 4 is 0 Å². The molecule has 2 atom stereocenters. The second kappa shape index (κ2) is 13.6. The van der Waals surface area contributed by atoms with Gasteiger partial charge < -0.3 is 10.1 Å². The molecule has 2 unspecified atom stereocenters. The van der Waals surface area contributed by atoms with Crippen molar-refractivity contribution in [3.05, 3.63) is 0 Å². The van der Waals surface area contributed by atoms with Gasteiger partial charge in [-0.25, -0.2) is 0 Å². The van der Waals surface area contributed by atoms with Crippen LogP contribution in [-0.2, 0) is 4.74 Å². The molecule has 1 aliphatic rings. The van der Waals surface area contributed by atoms with Crippen molar-refractivity contribution in [3.63, 3.8) is 0 Å². The van der Waals surface area contributed by atoms with Gasteiger partial charge in [0, 0.05) is 12.6 Å². The average molecular weight is 298 g/mol. The zero-order valence-electron chi connectivity index (χ0n) is 14.7. The normalized spacial score (nSPS) is 20.6. The summed E-state index contributed by atoms with van der Waals surface area (Å²) in [4.78, 5) is 0. The number of unbranched alkanes of at least 4 members (excludes halogenated alkanes) is 7. The Hall–Kier alpha value is -0.0800. The van der Waals surface area contributed by atoms with Crippen LogP contribution in [-0.4, -0.2) is 25.3 Å². The summed E-state index contributed by atoms with van der Waals surface area (Å²) in [7, 11) is 0. The van der Waals surface area contributed by atoms with Crippen LogP contribution in [0, 0.1) is 0 Å². The molecule has 2 nitrogen and oxygen atoms in total. The summed E-state index contributed by atoms with van der Waals surface area (Å²) in [6.07, 6.45) is 18.2. The van der Waals surface area contributed by atoms with Gasteiger partial charge in [-0.3, -0.25) is 0 Å². The molecule has 1 aliphatic heterocycles. The van der Waals surface area contributed by atoms with Crippen molar-refractivity contribution in [2.24, 2.45) is 0 Å². The van der Waals surface area contributed by atoms with Crippen LogP contribution in [0.3, 0.4) is 0 Å². The van der Waals surface area contributed by atoms with Crippen molar-refractivity contribution in [1.29, 1.82) is 0 Å². The van der Waals surface area contributed by atoms with Gasteiger partial charge in [-0.05, 0) is 38.6 Å². The monoisotopic (exact) mass is 297 g/mol. The molecular weight excluding hydrogens is 258 g/mol. The molecule has 1 heterocycles. The second-order valence-corrected chi connectivity index (χ2v) is 6.73. The van der Waals surface area contributed by atoms with E-state index in [2.05, 4.69) is 19.2 Å². The van der Waals surface area contributed by atoms with Crippen molar-refractivity contribution in [2.75, 3.05) is 13.2 Å². The number of hydrogen-bond donors (Lipinski definition) is 1. The van der Waals surface area contributed by atoms with Gasteiger partial charge >= 0.3 is 0 Å². The number of rotatable bonds is 13. The molecule has 1 rings (SSSR count). The molecule has 2 heteroatoms. The fourth-order valence-electron chi connectivity index (χ4n) is 3.33. The minimum absolute atomic E-state index is 0.481. The topological polar surface area (TPSA) is 21.3 Å². The first kappa shape index (κ1) is 19.0. The summed E-state index contributed by atoms with van der Waals surface area (Å²) in [5, 5.41) is 3.73. The summed E-state index contributed by atoms with van der Waals surface area (Å²) in [5.74, 6) is 0. The summed E-state index contributed by atoms with van der Waals surface area (Å²) >= 11 is 0.